The molecule has 140 heavy (non-hydrogen) atoms. The van der Waals surface area contributed by atoms with Crippen molar-refractivity contribution in [3.8, 4) is 0 Å². The van der Waals surface area contributed by atoms with Crippen LogP contribution < -0.4 is 31.9 Å². The van der Waals surface area contributed by atoms with Crippen LogP contribution in [0.4, 0.5) is 0 Å². The molecule has 11 aliphatic heterocycles. The van der Waals surface area contributed by atoms with Crippen LogP contribution in [0.1, 0.15) is 41.5 Å². The minimum Gasteiger partial charge on any atom is -0.394 e. The van der Waals surface area contributed by atoms with Crippen LogP contribution in [0, 0.1) is 0 Å². The zero-order valence-corrected chi connectivity index (χ0v) is 75.5. The zero-order chi connectivity index (χ0) is 103. The van der Waals surface area contributed by atoms with Crippen molar-refractivity contribution in [1.29, 1.82) is 0 Å². The van der Waals surface area contributed by atoms with E-state index in [-0.39, 0.29) is 0 Å². The van der Waals surface area contributed by atoms with Crippen LogP contribution in [-0.2, 0) is 128 Å². The lowest BCUT2D eigenvalue weighted by Crippen LogP contribution is -2.71. The molecule has 11 rings (SSSR count). The molecule has 35 N–H and O–H groups in total. The molecule has 62 nitrogen and oxygen atoms in total. The zero-order valence-electron chi connectivity index (χ0n) is 75.5. The van der Waals surface area contributed by atoms with E-state index in [1.807, 2.05) is 0 Å². The highest BCUT2D eigenvalue weighted by molar-refractivity contribution is 5.75. The van der Waals surface area contributed by atoms with Gasteiger partial charge in [-0.3, -0.25) is 28.8 Å². The molecule has 0 aliphatic carbocycles. The molecule has 11 heterocycles. The largest absolute Gasteiger partial charge is 0.394 e. The van der Waals surface area contributed by atoms with Crippen LogP contribution in [-0.4, -0.2) is 594 Å². The molecule has 62 heteroatoms. The van der Waals surface area contributed by atoms with Crippen LogP contribution in [0.25, 0.3) is 0 Å². The minimum absolute atomic E-state index is 0.836. The fourth-order valence-electron chi connectivity index (χ4n) is 18.1. The number of nitrogens with one attached hydrogen (secondary N) is 6. The Morgan fingerprint density at radius 1 is 0.186 bits per heavy atom. The Morgan fingerprint density at radius 2 is 0.407 bits per heavy atom. The molecule has 0 aromatic rings. The number of hydrogen-bond acceptors (Lipinski definition) is 56. The number of amides is 6. The van der Waals surface area contributed by atoms with Crippen LogP contribution >= 0.6 is 0 Å². The molecular formula is C78H130N6O56. The molecular weight excluding hydrogens is 1920 g/mol. The highest BCUT2D eigenvalue weighted by Gasteiger charge is 2.63. The summed E-state index contributed by atoms with van der Waals surface area (Å²) in [5, 5.41) is 343. The van der Waals surface area contributed by atoms with E-state index in [0.717, 1.165) is 41.5 Å². The number of ether oxygens (including phenoxy) is 21. The second-order valence-corrected chi connectivity index (χ2v) is 35.3. The van der Waals surface area contributed by atoms with Gasteiger partial charge in [0.1, 0.15) is 268 Å². The summed E-state index contributed by atoms with van der Waals surface area (Å²) in [5.41, 5.74) is 0. The fourth-order valence-corrected chi connectivity index (χ4v) is 18.1. The molecule has 808 valence electrons. The summed E-state index contributed by atoms with van der Waals surface area (Å²) in [6, 6.07) is -11.6. The van der Waals surface area contributed by atoms with Crippen LogP contribution in [0.2, 0.25) is 0 Å². The number of carbonyl (C=O) groups is 6. The Kier molecular flexibility index (Phi) is 41.7. The Labute approximate surface area is 792 Å². The van der Waals surface area contributed by atoms with E-state index in [9.17, 15) is 177 Å². The number of rotatable bonds is 37. The molecule has 11 aliphatic rings. The van der Waals surface area contributed by atoms with Gasteiger partial charge in [0, 0.05) is 41.5 Å². The van der Waals surface area contributed by atoms with Crippen molar-refractivity contribution in [2.45, 2.75) is 379 Å². The molecule has 0 bridgehead atoms. The third-order valence-electron chi connectivity index (χ3n) is 25.4. The molecule has 0 aromatic carbocycles. The second kappa shape index (κ2) is 50.7. The topological polar surface area (TPSA) is 955 Å². The lowest BCUT2D eigenvalue weighted by molar-refractivity contribution is -0.405. The summed E-state index contributed by atoms with van der Waals surface area (Å²) >= 11 is 0. The Balaban J connectivity index is 0.997. The summed E-state index contributed by atoms with van der Waals surface area (Å²) in [7, 11) is 0. The summed E-state index contributed by atoms with van der Waals surface area (Å²) < 4.78 is 127. The minimum atomic E-state index is -2.77. The lowest BCUT2D eigenvalue weighted by Gasteiger charge is -2.52. The number of aliphatic hydroxyl groups is 29. The molecule has 0 unspecified atom stereocenters. The van der Waals surface area contributed by atoms with Crippen LogP contribution in [0.3, 0.4) is 0 Å². The molecule has 0 radical (unpaired) electrons. The third kappa shape index (κ3) is 25.8. The van der Waals surface area contributed by atoms with Crippen molar-refractivity contribution < 1.29 is 276 Å². The maximum absolute atomic E-state index is 13.4. The summed E-state index contributed by atoms with van der Waals surface area (Å²) in [6.45, 7) is -7.26. The van der Waals surface area contributed by atoms with Gasteiger partial charge in [0.2, 0.25) is 35.4 Å². The SMILES string of the molecule is CC(=O)N[C@@H]1[C@@H](O)[C@H](O[C@@H]2O[C@H](CO)[C@@H](O[C@@H]3O[C@H](CO[C@H]4O[C@H](CO[C@@H]5O[C@H](CO)[C@@H](O[C@@H]6O[C@H](CO)[C@H](O)[C@H](O)[C@H]6O)[C@H](O)[C@H]5NC(C)=O)[C@@H](O)[C@H](O)[C@@H]4O[C@@H]4O[C@H](CO)[C@@H](O)[C@H](O)[C@H]4NC(C)=O)[C@@H](O)[C@H](O[C@H]4O[C@H](CO)[C@@H](O[C@@H]5O[C@H](CO)[C@@H](O)[C@H](O)[C@H]5NC(C)=O)[C@H](O)[C@@H]4O[C@@H]4O[C@H](CO)[C@@H](O[C@@H]5O[C@H](CO)[C@H](O)[C@H](O)[C@H]5O)[C@H](O)[C@H]4NC(C)=O)[C@@H]3O)[C@H](O)[C@H]2NC(C)=O)[C@@H](CO)O[C@H]1O. The van der Waals surface area contributed by atoms with Crippen LogP contribution in [0.5, 0.6) is 0 Å². The predicted molar refractivity (Wildman–Crippen MR) is 432 cm³/mol. The highest BCUT2D eigenvalue weighted by Crippen LogP contribution is 2.42. The van der Waals surface area contributed by atoms with Crippen molar-refractivity contribution >= 4 is 35.4 Å². The van der Waals surface area contributed by atoms with Crippen molar-refractivity contribution in [2.75, 3.05) is 72.7 Å². The van der Waals surface area contributed by atoms with E-state index in [4.69, 9.17) is 99.5 Å². The van der Waals surface area contributed by atoms with Crippen molar-refractivity contribution in [1.82, 2.24) is 31.9 Å². The number of carbonyl (C=O) groups excluding carboxylic acids is 6. The third-order valence-corrected chi connectivity index (χ3v) is 25.4. The van der Waals surface area contributed by atoms with Crippen molar-refractivity contribution in [3.63, 3.8) is 0 Å². The van der Waals surface area contributed by atoms with Gasteiger partial charge >= 0.3 is 0 Å². The lowest BCUT2D eigenvalue weighted by atomic mass is 9.93. The van der Waals surface area contributed by atoms with E-state index in [1.165, 1.54) is 0 Å². The molecule has 11 fully saturated rings. The molecule has 55 atom stereocenters. The van der Waals surface area contributed by atoms with Crippen molar-refractivity contribution in [3.05, 3.63) is 0 Å². The fraction of sp³-hybridized carbons (Fsp3) is 0.923. The monoisotopic (exact) mass is 2050 g/mol. The first-order chi connectivity index (χ1) is 66.2. The highest BCUT2D eigenvalue weighted by atomic mass is 16.8. The molecule has 0 saturated carbocycles. The number of hydrogen-bond donors (Lipinski definition) is 35. The summed E-state index contributed by atoms with van der Waals surface area (Å²) in [6.07, 6.45) is -107. The van der Waals surface area contributed by atoms with Gasteiger partial charge in [0.05, 0.1) is 72.7 Å². The van der Waals surface area contributed by atoms with Gasteiger partial charge in [-0.05, 0) is 0 Å². The van der Waals surface area contributed by atoms with Gasteiger partial charge in [0.25, 0.3) is 0 Å². The molecule has 0 spiro atoms. The Bertz CT molecular complexity index is 3920. The quantitative estimate of drug-likeness (QED) is 0.0275. The second-order valence-electron chi connectivity index (χ2n) is 35.3. The molecule has 6 amide bonds. The van der Waals surface area contributed by atoms with E-state index in [1.54, 1.807) is 0 Å². The first-order valence-electron chi connectivity index (χ1n) is 44.6. The van der Waals surface area contributed by atoms with Gasteiger partial charge in [-0.2, -0.15) is 0 Å². The van der Waals surface area contributed by atoms with E-state index >= 15 is 0 Å². The van der Waals surface area contributed by atoms with Crippen LogP contribution in [0.15, 0.2) is 0 Å². The van der Waals surface area contributed by atoms with E-state index in [2.05, 4.69) is 31.9 Å². The first-order valence-corrected chi connectivity index (χ1v) is 44.6. The van der Waals surface area contributed by atoms with Gasteiger partial charge in [-0.25, -0.2) is 0 Å². The first kappa shape index (κ1) is 115. The summed E-state index contributed by atoms with van der Waals surface area (Å²) in [5.74, 6) is -5.73. The van der Waals surface area contributed by atoms with E-state index in [0.29, 0.717) is 0 Å². The molecule has 11 saturated heterocycles. The maximum Gasteiger partial charge on any atom is 0.217 e. The smallest absolute Gasteiger partial charge is 0.217 e. The normalized spacial score (nSPS) is 48.1. The Morgan fingerprint density at radius 3 is 0.764 bits per heavy atom. The van der Waals surface area contributed by atoms with Gasteiger partial charge in [-0.1, -0.05) is 0 Å². The van der Waals surface area contributed by atoms with Gasteiger partial charge < -0.3 is 279 Å². The summed E-state index contributed by atoms with van der Waals surface area (Å²) in [4.78, 5) is 77.6. The van der Waals surface area contributed by atoms with Gasteiger partial charge in [-0.15, -0.1) is 0 Å². The Hall–Kier alpha value is -5.18. The van der Waals surface area contributed by atoms with Gasteiger partial charge in [0.15, 0.2) is 69.2 Å². The average Bonchev–Trinajstić information content (AvgIpc) is 0.755. The molecule has 0 aromatic heterocycles. The van der Waals surface area contributed by atoms with Crippen molar-refractivity contribution in [2.24, 2.45) is 0 Å². The van der Waals surface area contributed by atoms with E-state index < -0.39 is 446 Å². The predicted octanol–water partition coefficient (Wildman–Crippen LogP) is -24.1. The average molecular weight is 2050 g/mol. The number of aliphatic hydroxyl groups excluding tert-OH is 29. The standard InChI is InChI=1S/C78H130N6O56/c1-18(94)79-35-49(108)60(28(11-89)122-68(35)119)133-72-39(83-22(5)98)51(110)63(31(14-92)128-72)137-76-59(118)65(138-78-67(58(117)64(32(15-93)130-78)134-70-36(80-19(2)95)47(106)41(100)24(7-85)123-70)140-73-40(84-23(6)99)52(111)62(30(13-91)129-73)136-75-57(116)54(113)44(103)27(10-88)126-75)46(105)34(131-76)17-121-77-66(139-71-37(81-20(3)96)48(107)42(101)25(8-86)124-71)55(114)45(104)33(132-77)16-120-69-38(82-21(4)97)50(109)61(29(12-90)127-69)135-74-56(115)53(112)43(102)26(9-87)125-74/h24-78,85-93,100-119H,7-17H2,1-6H3,(H,79,94)(H,80,95)(H,81,96)(H,82,97)(H,83,98)(H,84,99)/t24-,25-,26-,27-,28-,29-,30-,31-,32-,33-,34-,35-,36-,37-,38-,39-,40-,41-,42-,43+,44+,45-,46-,47-,48-,49-,50-,51-,52-,53+,54+,55+,56-,57-,58+,59+,60-,61-,62-,63-,64-,65+,66+,67+,68-,69-,70+,71+,72+,73+,74+,75+,76+,77+,78-/m1/s1. The maximum atomic E-state index is 13.4.